The Hall–Kier alpha value is -1.89. The number of ketones is 1. The van der Waals surface area contributed by atoms with Gasteiger partial charge in [0, 0.05) is 23.2 Å². The number of thioether (sulfide) groups is 1. The molecule has 8 heteroatoms. The van der Waals surface area contributed by atoms with Crippen LogP contribution in [0, 0.1) is 5.82 Å². The molecule has 25 heavy (non-hydrogen) atoms. The minimum absolute atomic E-state index is 0.127. The number of benzene rings is 2. The highest BCUT2D eigenvalue weighted by molar-refractivity contribution is 7.99. The molecule has 0 bridgehead atoms. The zero-order valence-corrected chi connectivity index (χ0v) is 15.4. The Morgan fingerprint density at radius 1 is 1.16 bits per heavy atom. The van der Waals surface area contributed by atoms with E-state index in [-0.39, 0.29) is 17.4 Å². The van der Waals surface area contributed by atoms with E-state index in [1.54, 1.807) is 35.9 Å². The van der Waals surface area contributed by atoms with Gasteiger partial charge in [-0.15, -0.1) is 10.2 Å². The average Bonchev–Trinajstić information content (AvgIpc) is 2.94. The zero-order valence-electron chi connectivity index (χ0n) is 13.0. The topological polar surface area (TPSA) is 47.8 Å². The van der Waals surface area contributed by atoms with Gasteiger partial charge in [0.15, 0.2) is 16.8 Å². The summed E-state index contributed by atoms with van der Waals surface area (Å²) in [4.78, 5) is 12.3. The van der Waals surface area contributed by atoms with Crippen LogP contribution in [-0.2, 0) is 7.05 Å². The molecule has 0 unspecified atom stereocenters. The first-order valence-corrected chi connectivity index (χ1v) is 8.96. The van der Waals surface area contributed by atoms with Crippen molar-refractivity contribution in [2.24, 2.45) is 7.05 Å². The van der Waals surface area contributed by atoms with Crippen LogP contribution in [0.25, 0.3) is 11.4 Å². The molecule has 3 aromatic rings. The lowest BCUT2D eigenvalue weighted by molar-refractivity contribution is 0.102. The number of halogens is 3. The van der Waals surface area contributed by atoms with Crippen molar-refractivity contribution < 1.29 is 9.18 Å². The fourth-order valence-electron chi connectivity index (χ4n) is 2.21. The maximum absolute atomic E-state index is 13.0. The van der Waals surface area contributed by atoms with E-state index in [2.05, 4.69) is 10.2 Å². The van der Waals surface area contributed by atoms with Gasteiger partial charge in [0.1, 0.15) is 5.82 Å². The maximum Gasteiger partial charge on any atom is 0.191 e. The molecule has 0 fully saturated rings. The van der Waals surface area contributed by atoms with Gasteiger partial charge in [0.25, 0.3) is 0 Å². The SMILES string of the molecule is Cn1c(SCC(=O)c2ccc(Cl)cc2Cl)nnc1-c1ccc(F)cc1. The Morgan fingerprint density at radius 2 is 1.88 bits per heavy atom. The molecule has 128 valence electrons. The fourth-order valence-corrected chi connectivity index (χ4v) is 3.52. The number of nitrogens with zero attached hydrogens (tertiary/aromatic N) is 3. The van der Waals surface area contributed by atoms with Crippen LogP contribution in [-0.4, -0.2) is 26.3 Å². The van der Waals surface area contributed by atoms with Crippen LogP contribution >= 0.6 is 35.0 Å². The molecule has 0 atom stereocenters. The molecule has 1 heterocycles. The van der Waals surface area contributed by atoms with Gasteiger partial charge < -0.3 is 4.57 Å². The van der Waals surface area contributed by atoms with Crippen molar-refractivity contribution >= 4 is 40.7 Å². The number of carbonyl (C=O) groups is 1. The first-order chi connectivity index (χ1) is 12.0. The van der Waals surface area contributed by atoms with E-state index in [1.165, 1.54) is 30.0 Å². The first-order valence-electron chi connectivity index (χ1n) is 7.22. The van der Waals surface area contributed by atoms with Crippen molar-refractivity contribution in [2.45, 2.75) is 5.16 Å². The first kappa shape index (κ1) is 17.9. The van der Waals surface area contributed by atoms with Crippen molar-refractivity contribution in [3.8, 4) is 11.4 Å². The highest BCUT2D eigenvalue weighted by atomic mass is 35.5. The van der Waals surface area contributed by atoms with Gasteiger partial charge in [-0.3, -0.25) is 4.79 Å². The van der Waals surface area contributed by atoms with Crippen LogP contribution < -0.4 is 0 Å². The van der Waals surface area contributed by atoms with Crippen LogP contribution in [0.4, 0.5) is 4.39 Å². The number of hydrogen-bond acceptors (Lipinski definition) is 4. The largest absolute Gasteiger partial charge is 0.305 e. The molecule has 0 aliphatic rings. The molecule has 0 aliphatic carbocycles. The van der Waals surface area contributed by atoms with Crippen molar-refractivity contribution in [2.75, 3.05) is 5.75 Å². The van der Waals surface area contributed by atoms with Crippen molar-refractivity contribution in [1.82, 2.24) is 14.8 Å². The Labute approximate surface area is 158 Å². The molecule has 0 saturated heterocycles. The van der Waals surface area contributed by atoms with Gasteiger partial charge in [0.05, 0.1) is 10.8 Å². The van der Waals surface area contributed by atoms with Crippen LogP contribution in [0.1, 0.15) is 10.4 Å². The predicted octanol–water partition coefficient (Wildman–Crippen LogP) is 4.90. The van der Waals surface area contributed by atoms with E-state index >= 15 is 0 Å². The van der Waals surface area contributed by atoms with Gasteiger partial charge in [-0.05, 0) is 42.5 Å². The van der Waals surface area contributed by atoms with Crippen molar-refractivity contribution in [3.05, 3.63) is 63.9 Å². The number of rotatable bonds is 5. The number of Topliss-reactive ketones (excluding diaryl/α,β-unsaturated/α-hetero) is 1. The summed E-state index contributed by atoms with van der Waals surface area (Å²) < 4.78 is 14.8. The summed E-state index contributed by atoms with van der Waals surface area (Å²) in [5.74, 6) is 0.319. The minimum atomic E-state index is -0.314. The second-order valence-electron chi connectivity index (χ2n) is 5.21. The lowest BCUT2D eigenvalue weighted by atomic mass is 10.1. The molecule has 0 spiro atoms. The Morgan fingerprint density at radius 3 is 2.56 bits per heavy atom. The molecule has 0 N–H and O–H groups in total. The Kier molecular flexibility index (Phi) is 5.42. The van der Waals surface area contributed by atoms with Gasteiger partial charge in [-0.2, -0.15) is 0 Å². The molecular formula is C17H12Cl2FN3OS. The summed E-state index contributed by atoms with van der Waals surface area (Å²) in [5.41, 5.74) is 1.16. The molecular weight excluding hydrogens is 384 g/mol. The quantitative estimate of drug-likeness (QED) is 0.455. The highest BCUT2D eigenvalue weighted by Crippen LogP contribution is 2.26. The Bertz CT molecular complexity index is 928. The molecule has 0 amide bonds. The van der Waals surface area contributed by atoms with E-state index in [1.807, 2.05) is 0 Å². The lowest BCUT2D eigenvalue weighted by Crippen LogP contribution is -2.04. The smallest absolute Gasteiger partial charge is 0.191 e. The van der Waals surface area contributed by atoms with Crippen LogP contribution in [0.15, 0.2) is 47.6 Å². The van der Waals surface area contributed by atoms with Gasteiger partial charge >= 0.3 is 0 Å². The van der Waals surface area contributed by atoms with Crippen molar-refractivity contribution in [1.29, 1.82) is 0 Å². The summed E-state index contributed by atoms with van der Waals surface area (Å²) in [5, 5.41) is 9.58. The van der Waals surface area contributed by atoms with E-state index in [0.717, 1.165) is 5.56 Å². The van der Waals surface area contributed by atoms with Gasteiger partial charge in [0.2, 0.25) is 0 Å². The summed E-state index contributed by atoms with van der Waals surface area (Å²) in [6, 6.07) is 10.8. The summed E-state index contributed by atoms with van der Waals surface area (Å²) in [6.07, 6.45) is 0. The van der Waals surface area contributed by atoms with Gasteiger partial charge in [-0.1, -0.05) is 35.0 Å². The molecule has 3 rings (SSSR count). The molecule has 2 aromatic carbocycles. The number of aromatic nitrogens is 3. The van der Waals surface area contributed by atoms with E-state index in [0.29, 0.717) is 26.6 Å². The summed E-state index contributed by atoms with van der Waals surface area (Å²) >= 11 is 13.2. The summed E-state index contributed by atoms with van der Waals surface area (Å²) in [7, 11) is 1.79. The average molecular weight is 396 g/mol. The summed E-state index contributed by atoms with van der Waals surface area (Å²) in [6.45, 7) is 0. The Balaban J connectivity index is 1.74. The van der Waals surface area contributed by atoms with E-state index in [4.69, 9.17) is 23.2 Å². The molecule has 4 nitrogen and oxygen atoms in total. The zero-order chi connectivity index (χ0) is 18.0. The van der Waals surface area contributed by atoms with Crippen LogP contribution in [0.5, 0.6) is 0 Å². The van der Waals surface area contributed by atoms with E-state index < -0.39 is 0 Å². The monoisotopic (exact) mass is 395 g/mol. The third kappa shape index (κ3) is 4.03. The normalized spacial score (nSPS) is 10.9. The fraction of sp³-hybridized carbons (Fsp3) is 0.118. The second kappa shape index (κ2) is 7.56. The molecule has 0 saturated carbocycles. The molecule has 0 aliphatic heterocycles. The lowest BCUT2D eigenvalue weighted by Gasteiger charge is -2.05. The molecule has 0 radical (unpaired) electrons. The predicted molar refractivity (Wildman–Crippen MR) is 97.9 cm³/mol. The van der Waals surface area contributed by atoms with Crippen LogP contribution in [0.3, 0.4) is 0 Å². The van der Waals surface area contributed by atoms with Crippen molar-refractivity contribution in [3.63, 3.8) is 0 Å². The maximum atomic E-state index is 13.0. The standard InChI is InChI=1S/C17H12Cl2FN3OS/c1-23-16(10-2-5-12(20)6-3-10)21-22-17(23)25-9-15(24)13-7-4-11(18)8-14(13)19/h2-8H,9H2,1H3. The third-order valence-corrected chi connectivity index (χ3v) is 5.07. The van der Waals surface area contributed by atoms with Crippen LogP contribution in [0.2, 0.25) is 10.0 Å². The highest BCUT2D eigenvalue weighted by Gasteiger charge is 2.15. The minimum Gasteiger partial charge on any atom is -0.305 e. The number of carbonyl (C=O) groups excluding carboxylic acids is 1. The third-order valence-electron chi connectivity index (χ3n) is 3.50. The molecule has 1 aromatic heterocycles. The second-order valence-corrected chi connectivity index (χ2v) is 6.99. The van der Waals surface area contributed by atoms with Gasteiger partial charge in [-0.25, -0.2) is 4.39 Å². The van der Waals surface area contributed by atoms with E-state index in [9.17, 15) is 9.18 Å². The number of hydrogen-bond donors (Lipinski definition) is 0.